The lowest BCUT2D eigenvalue weighted by Gasteiger charge is -2.04. The molecule has 0 saturated heterocycles. The Morgan fingerprint density at radius 3 is 3.12 bits per heavy atom. The largest absolute Gasteiger partial charge is 0.339 e. The van der Waals surface area contributed by atoms with E-state index in [1.807, 2.05) is 0 Å². The first-order chi connectivity index (χ1) is 7.83. The monoisotopic (exact) mass is 220 g/mol. The Morgan fingerprint density at radius 1 is 1.56 bits per heavy atom. The summed E-state index contributed by atoms with van der Waals surface area (Å²) >= 11 is 0. The Labute approximate surface area is 91.4 Å². The highest BCUT2D eigenvalue weighted by molar-refractivity contribution is 5.39. The minimum absolute atomic E-state index is 0.128. The maximum absolute atomic E-state index is 5.98. The first-order valence-corrected chi connectivity index (χ1v) is 5.27. The second-order valence-electron chi connectivity index (χ2n) is 4.05. The topological polar surface area (TPSA) is 107 Å². The average molecular weight is 220 g/mol. The SMILES string of the molecule is NC(Cc1nc(-c2ncn[nH]2)no1)C1CC1. The van der Waals surface area contributed by atoms with E-state index in [9.17, 15) is 0 Å². The zero-order valence-corrected chi connectivity index (χ0v) is 8.63. The molecule has 3 N–H and O–H groups in total. The Balaban J connectivity index is 1.72. The van der Waals surface area contributed by atoms with Crippen LogP contribution in [0.4, 0.5) is 0 Å². The lowest BCUT2D eigenvalue weighted by Crippen LogP contribution is -2.25. The molecule has 7 heteroatoms. The molecule has 1 fully saturated rings. The van der Waals surface area contributed by atoms with Crippen LogP contribution in [0.3, 0.4) is 0 Å². The lowest BCUT2D eigenvalue weighted by molar-refractivity contribution is 0.363. The van der Waals surface area contributed by atoms with Crippen LogP contribution in [0, 0.1) is 5.92 Å². The number of H-pyrrole nitrogens is 1. The van der Waals surface area contributed by atoms with E-state index in [1.54, 1.807) is 0 Å². The van der Waals surface area contributed by atoms with Crippen molar-refractivity contribution in [2.24, 2.45) is 11.7 Å². The Bertz CT molecular complexity index is 460. The van der Waals surface area contributed by atoms with Gasteiger partial charge in [0.05, 0.1) is 0 Å². The molecule has 0 aromatic carbocycles. The van der Waals surface area contributed by atoms with Crippen LogP contribution in [0.25, 0.3) is 11.6 Å². The van der Waals surface area contributed by atoms with Crippen LogP contribution in [0.2, 0.25) is 0 Å². The highest BCUT2D eigenvalue weighted by atomic mass is 16.5. The first-order valence-electron chi connectivity index (χ1n) is 5.27. The van der Waals surface area contributed by atoms with Crippen molar-refractivity contribution in [3.05, 3.63) is 12.2 Å². The molecule has 1 aliphatic rings. The molecule has 1 aliphatic carbocycles. The van der Waals surface area contributed by atoms with Crippen molar-refractivity contribution in [3.8, 4) is 11.6 Å². The predicted molar refractivity (Wildman–Crippen MR) is 54.1 cm³/mol. The van der Waals surface area contributed by atoms with E-state index >= 15 is 0 Å². The molecule has 2 aromatic rings. The molecule has 2 heterocycles. The number of aromatic amines is 1. The maximum Gasteiger partial charge on any atom is 0.239 e. The normalized spacial score (nSPS) is 17.6. The smallest absolute Gasteiger partial charge is 0.239 e. The third-order valence-corrected chi connectivity index (χ3v) is 2.73. The molecule has 7 nitrogen and oxygen atoms in total. The molecule has 0 bridgehead atoms. The molecular formula is C9H12N6O. The Morgan fingerprint density at radius 2 is 2.44 bits per heavy atom. The van der Waals surface area contributed by atoms with Gasteiger partial charge in [-0.25, -0.2) is 4.98 Å². The summed E-state index contributed by atoms with van der Waals surface area (Å²) in [6.07, 6.45) is 4.46. The maximum atomic E-state index is 5.98. The molecule has 0 radical (unpaired) electrons. The molecule has 16 heavy (non-hydrogen) atoms. The van der Waals surface area contributed by atoms with Crippen LogP contribution >= 0.6 is 0 Å². The van der Waals surface area contributed by atoms with Crippen LogP contribution in [0.5, 0.6) is 0 Å². The molecule has 84 valence electrons. The fourth-order valence-electron chi connectivity index (χ4n) is 1.64. The number of hydrogen-bond donors (Lipinski definition) is 2. The van der Waals surface area contributed by atoms with Crippen molar-refractivity contribution < 1.29 is 4.52 Å². The van der Waals surface area contributed by atoms with Gasteiger partial charge < -0.3 is 10.3 Å². The second-order valence-corrected chi connectivity index (χ2v) is 4.05. The summed E-state index contributed by atoms with van der Waals surface area (Å²) < 4.78 is 5.11. The summed E-state index contributed by atoms with van der Waals surface area (Å²) in [5.41, 5.74) is 5.98. The van der Waals surface area contributed by atoms with Gasteiger partial charge in [-0.05, 0) is 18.8 Å². The molecule has 0 amide bonds. The second kappa shape index (κ2) is 3.67. The molecule has 1 saturated carbocycles. The van der Waals surface area contributed by atoms with Gasteiger partial charge in [0, 0.05) is 12.5 Å². The molecule has 0 spiro atoms. The summed E-state index contributed by atoms with van der Waals surface area (Å²) in [5, 5.41) is 10.2. The van der Waals surface area contributed by atoms with E-state index in [2.05, 4.69) is 25.3 Å². The van der Waals surface area contributed by atoms with Gasteiger partial charge in [-0.3, -0.25) is 5.10 Å². The zero-order chi connectivity index (χ0) is 11.0. The molecule has 1 atom stereocenters. The van der Waals surface area contributed by atoms with Crippen molar-refractivity contribution >= 4 is 0 Å². The van der Waals surface area contributed by atoms with E-state index < -0.39 is 0 Å². The van der Waals surface area contributed by atoms with E-state index in [0.717, 1.165) is 0 Å². The highest BCUT2D eigenvalue weighted by Gasteiger charge is 2.29. The van der Waals surface area contributed by atoms with Crippen molar-refractivity contribution in [1.82, 2.24) is 25.3 Å². The Hall–Kier alpha value is -1.76. The number of hydrogen-bond acceptors (Lipinski definition) is 6. The summed E-state index contributed by atoms with van der Waals surface area (Å²) in [6, 6.07) is 0.128. The minimum atomic E-state index is 0.128. The van der Waals surface area contributed by atoms with E-state index in [-0.39, 0.29) is 6.04 Å². The van der Waals surface area contributed by atoms with E-state index in [4.69, 9.17) is 10.3 Å². The van der Waals surface area contributed by atoms with E-state index in [1.165, 1.54) is 19.2 Å². The number of nitrogens with two attached hydrogens (primary N) is 1. The molecule has 0 aliphatic heterocycles. The van der Waals surface area contributed by atoms with Gasteiger partial charge in [-0.15, -0.1) is 0 Å². The van der Waals surface area contributed by atoms with Crippen LogP contribution in [0.15, 0.2) is 10.9 Å². The molecule has 1 unspecified atom stereocenters. The van der Waals surface area contributed by atoms with Crippen LogP contribution in [-0.4, -0.2) is 31.4 Å². The first kappa shape index (κ1) is 9.46. The fraction of sp³-hybridized carbons (Fsp3) is 0.556. The van der Waals surface area contributed by atoms with Crippen LogP contribution in [0.1, 0.15) is 18.7 Å². The lowest BCUT2D eigenvalue weighted by atomic mass is 10.1. The van der Waals surface area contributed by atoms with Crippen molar-refractivity contribution in [2.75, 3.05) is 0 Å². The number of nitrogens with one attached hydrogen (secondary N) is 1. The highest BCUT2D eigenvalue weighted by Crippen LogP contribution is 2.32. The molecule has 3 rings (SSSR count). The summed E-state index contributed by atoms with van der Waals surface area (Å²) in [6.45, 7) is 0. The Kier molecular flexibility index (Phi) is 2.17. The summed E-state index contributed by atoms with van der Waals surface area (Å²) in [7, 11) is 0. The molecular weight excluding hydrogens is 208 g/mol. The average Bonchev–Trinajstić information content (AvgIpc) is 2.80. The van der Waals surface area contributed by atoms with Crippen LogP contribution < -0.4 is 5.73 Å². The van der Waals surface area contributed by atoms with Gasteiger partial charge in [0.25, 0.3) is 0 Å². The standard InChI is InChI=1S/C9H12N6O/c10-6(5-1-2-5)3-7-13-9(15-16-7)8-11-4-12-14-8/h4-6H,1-3,10H2,(H,11,12,14). The van der Waals surface area contributed by atoms with Gasteiger partial charge >= 0.3 is 0 Å². The fourth-order valence-corrected chi connectivity index (χ4v) is 1.64. The van der Waals surface area contributed by atoms with Gasteiger partial charge in [0.15, 0.2) is 5.82 Å². The number of aromatic nitrogens is 5. The third kappa shape index (κ3) is 1.81. The van der Waals surface area contributed by atoms with Gasteiger partial charge in [-0.1, -0.05) is 5.16 Å². The van der Waals surface area contributed by atoms with Gasteiger partial charge in [-0.2, -0.15) is 10.1 Å². The van der Waals surface area contributed by atoms with Gasteiger partial charge in [0.2, 0.25) is 11.7 Å². The zero-order valence-electron chi connectivity index (χ0n) is 8.63. The number of rotatable bonds is 4. The quantitative estimate of drug-likeness (QED) is 0.758. The third-order valence-electron chi connectivity index (χ3n) is 2.73. The van der Waals surface area contributed by atoms with Gasteiger partial charge in [0.1, 0.15) is 6.33 Å². The minimum Gasteiger partial charge on any atom is -0.339 e. The molecule has 2 aromatic heterocycles. The van der Waals surface area contributed by atoms with Crippen molar-refractivity contribution in [2.45, 2.75) is 25.3 Å². The van der Waals surface area contributed by atoms with Crippen LogP contribution in [-0.2, 0) is 6.42 Å². The van der Waals surface area contributed by atoms with Crippen molar-refractivity contribution in [1.29, 1.82) is 0 Å². The summed E-state index contributed by atoms with van der Waals surface area (Å²) in [4.78, 5) is 8.15. The van der Waals surface area contributed by atoms with E-state index in [0.29, 0.717) is 29.9 Å². The van der Waals surface area contributed by atoms with Crippen molar-refractivity contribution in [3.63, 3.8) is 0 Å². The number of nitrogens with zero attached hydrogens (tertiary/aromatic N) is 4. The summed E-state index contributed by atoms with van der Waals surface area (Å²) in [5.74, 6) is 2.12. The predicted octanol–water partition coefficient (Wildman–Crippen LogP) is 0.134.